The quantitative estimate of drug-likeness (QED) is 0.395. The van der Waals surface area contributed by atoms with Crippen LogP contribution in [0.2, 0.25) is 0 Å². The first-order chi connectivity index (χ1) is 9.92. The summed E-state index contributed by atoms with van der Waals surface area (Å²) in [5.74, 6) is 0. The lowest BCUT2D eigenvalue weighted by Gasteiger charge is -2.08. The van der Waals surface area contributed by atoms with Gasteiger partial charge < -0.3 is 0 Å². The van der Waals surface area contributed by atoms with E-state index < -0.39 is 0 Å². The van der Waals surface area contributed by atoms with Crippen molar-refractivity contribution in [2.75, 3.05) is 0 Å². The number of benzene rings is 4. The fraction of sp³-hybridized carbons (Fsp3) is 0. The third kappa shape index (κ3) is 1.78. The molecule has 4 aromatic carbocycles. The van der Waals surface area contributed by atoms with Crippen molar-refractivity contribution in [2.24, 2.45) is 0 Å². The lowest BCUT2D eigenvalue weighted by atomic mass is 9.96. The van der Waals surface area contributed by atoms with Crippen molar-refractivity contribution >= 4 is 21.5 Å². The highest BCUT2D eigenvalue weighted by Crippen LogP contribution is 2.31. The van der Waals surface area contributed by atoms with Crippen molar-refractivity contribution in [3.05, 3.63) is 84.9 Å². The SMILES string of the molecule is [c]1cc(-c2ccccc2)c2cc3ccccc3cc2c1. The zero-order chi connectivity index (χ0) is 13.4. The number of hydrogen-bond donors (Lipinski definition) is 0. The van der Waals surface area contributed by atoms with Gasteiger partial charge in [0.1, 0.15) is 0 Å². The summed E-state index contributed by atoms with van der Waals surface area (Å²) in [6.07, 6.45) is 0. The van der Waals surface area contributed by atoms with Crippen LogP contribution in [0.25, 0.3) is 32.7 Å². The molecule has 0 aliphatic heterocycles. The zero-order valence-electron chi connectivity index (χ0n) is 11.0. The molecule has 0 nitrogen and oxygen atoms in total. The number of fused-ring (bicyclic) bond motifs is 2. The van der Waals surface area contributed by atoms with Crippen LogP contribution < -0.4 is 0 Å². The first-order valence-electron chi connectivity index (χ1n) is 6.80. The Morgan fingerprint density at radius 1 is 0.600 bits per heavy atom. The van der Waals surface area contributed by atoms with Gasteiger partial charge in [0.05, 0.1) is 0 Å². The van der Waals surface area contributed by atoms with Crippen LogP contribution in [0.4, 0.5) is 0 Å². The second-order valence-electron chi connectivity index (χ2n) is 5.02. The average molecular weight is 253 g/mol. The summed E-state index contributed by atoms with van der Waals surface area (Å²) in [4.78, 5) is 0. The lowest BCUT2D eigenvalue weighted by Crippen LogP contribution is -1.82. The van der Waals surface area contributed by atoms with Crippen molar-refractivity contribution in [1.82, 2.24) is 0 Å². The van der Waals surface area contributed by atoms with Gasteiger partial charge in [0.2, 0.25) is 0 Å². The summed E-state index contributed by atoms with van der Waals surface area (Å²) in [7, 11) is 0. The minimum Gasteiger partial charge on any atom is -0.0622 e. The zero-order valence-corrected chi connectivity index (χ0v) is 11.0. The van der Waals surface area contributed by atoms with E-state index in [2.05, 4.69) is 78.9 Å². The van der Waals surface area contributed by atoms with Crippen molar-refractivity contribution < 1.29 is 0 Å². The monoisotopic (exact) mass is 253 g/mol. The van der Waals surface area contributed by atoms with Crippen LogP contribution in [0.1, 0.15) is 0 Å². The maximum Gasteiger partial charge on any atom is -0.00986 e. The fourth-order valence-corrected chi connectivity index (χ4v) is 2.76. The molecule has 0 spiro atoms. The summed E-state index contributed by atoms with van der Waals surface area (Å²) < 4.78 is 0. The summed E-state index contributed by atoms with van der Waals surface area (Å²) in [6, 6.07) is 30.9. The van der Waals surface area contributed by atoms with Gasteiger partial charge in [-0.1, -0.05) is 54.6 Å². The molecular formula is C20H13. The molecular weight excluding hydrogens is 240 g/mol. The Balaban J connectivity index is 2.09. The van der Waals surface area contributed by atoms with E-state index in [9.17, 15) is 0 Å². The van der Waals surface area contributed by atoms with E-state index in [-0.39, 0.29) is 0 Å². The van der Waals surface area contributed by atoms with E-state index >= 15 is 0 Å². The van der Waals surface area contributed by atoms with Crippen LogP contribution in [-0.2, 0) is 0 Å². The van der Waals surface area contributed by atoms with Crippen LogP contribution in [0.3, 0.4) is 0 Å². The molecule has 0 unspecified atom stereocenters. The van der Waals surface area contributed by atoms with E-state index in [1.54, 1.807) is 0 Å². The van der Waals surface area contributed by atoms with Crippen LogP contribution in [0.15, 0.2) is 78.9 Å². The van der Waals surface area contributed by atoms with E-state index in [1.165, 1.54) is 32.7 Å². The molecule has 0 saturated carbocycles. The average Bonchev–Trinajstić information content (AvgIpc) is 2.53. The largest absolute Gasteiger partial charge is 0.0622 e. The molecule has 0 amide bonds. The van der Waals surface area contributed by atoms with E-state index in [4.69, 9.17) is 0 Å². The minimum atomic E-state index is 1.24. The predicted octanol–water partition coefficient (Wildman–Crippen LogP) is 5.46. The molecule has 0 heterocycles. The van der Waals surface area contributed by atoms with Crippen LogP contribution in [0.5, 0.6) is 0 Å². The molecule has 4 rings (SSSR count). The highest BCUT2D eigenvalue weighted by atomic mass is 14.1. The van der Waals surface area contributed by atoms with Gasteiger partial charge in [0, 0.05) is 0 Å². The lowest BCUT2D eigenvalue weighted by molar-refractivity contribution is 1.65. The van der Waals surface area contributed by atoms with Gasteiger partial charge in [-0.05, 0) is 63.0 Å². The molecule has 0 fully saturated rings. The molecule has 0 aliphatic rings. The topological polar surface area (TPSA) is 0 Å². The smallest absolute Gasteiger partial charge is 0.00986 e. The summed E-state index contributed by atoms with van der Waals surface area (Å²) in [6.45, 7) is 0. The van der Waals surface area contributed by atoms with Crippen molar-refractivity contribution in [2.45, 2.75) is 0 Å². The second kappa shape index (κ2) is 4.50. The highest BCUT2D eigenvalue weighted by Gasteiger charge is 2.04. The Morgan fingerprint density at radius 2 is 1.30 bits per heavy atom. The Hall–Kier alpha value is -2.60. The summed E-state index contributed by atoms with van der Waals surface area (Å²) >= 11 is 0. The first kappa shape index (κ1) is 11.2. The normalized spacial score (nSPS) is 11.0. The third-order valence-corrected chi connectivity index (χ3v) is 3.76. The number of hydrogen-bond acceptors (Lipinski definition) is 0. The molecule has 0 aliphatic carbocycles. The Labute approximate surface area is 118 Å². The Bertz CT molecular complexity index is 889. The Morgan fingerprint density at radius 3 is 2.10 bits per heavy atom. The highest BCUT2D eigenvalue weighted by molar-refractivity contribution is 6.04. The molecule has 0 saturated heterocycles. The summed E-state index contributed by atoms with van der Waals surface area (Å²) in [5, 5.41) is 5.08. The van der Waals surface area contributed by atoms with Gasteiger partial charge in [-0.2, -0.15) is 0 Å². The van der Waals surface area contributed by atoms with Crippen molar-refractivity contribution in [1.29, 1.82) is 0 Å². The maximum absolute atomic E-state index is 3.27. The Kier molecular flexibility index (Phi) is 2.53. The van der Waals surface area contributed by atoms with E-state index in [1.807, 2.05) is 6.07 Å². The van der Waals surface area contributed by atoms with Gasteiger partial charge in [0.15, 0.2) is 0 Å². The van der Waals surface area contributed by atoms with Crippen LogP contribution >= 0.6 is 0 Å². The molecule has 93 valence electrons. The van der Waals surface area contributed by atoms with Crippen LogP contribution in [0, 0.1) is 6.07 Å². The summed E-state index contributed by atoms with van der Waals surface area (Å²) in [5.41, 5.74) is 2.48. The molecule has 0 aromatic heterocycles. The van der Waals surface area contributed by atoms with E-state index in [0.29, 0.717) is 0 Å². The van der Waals surface area contributed by atoms with Gasteiger partial charge in [-0.25, -0.2) is 0 Å². The van der Waals surface area contributed by atoms with Crippen LogP contribution in [-0.4, -0.2) is 0 Å². The van der Waals surface area contributed by atoms with Gasteiger partial charge in [0.25, 0.3) is 0 Å². The van der Waals surface area contributed by atoms with Crippen molar-refractivity contribution in [3.8, 4) is 11.1 Å². The molecule has 0 bridgehead atoms. The number of rotatable bonds is 1. The molecule has 0 N–H and O–H groups in total. The molecule has 4 aromatic rings. The van der Waals surface area contributed by atoms with Crippen molar-refractivity contribution in [3.63, 3.8) is 0 Å². The van der Waals surface area contributed by atoms with Gasteiger partial charge >= 0.3 is 0 Å². The fourth-order valence-electron chi connectivity index (χ4n) is 2.76. The standard InChI is InChI=1S/C20H13/c1-2-7-15(8-3-1)19-12-6-11-18-13-16-9-4-5-10-17(16)14-20(18)19/h1-5,7-14H. The predicted molar refractivity (Wildman–Crippen MR) is 85.7 cm³/mol. The molecule has 0 atom stereocenters. The molecule has 1 radical (unpaired) electrons. The maximum atomic E-state index is 3.27. The minimum absolute atomic E-state index is 1.24. The second-order valence-corrected chi connectivity index (χ2v) is 5.02. The van der Waals surface area contributed by atoms with Gasteiger partial charge in [-0.15, -0.1) is 0 Å². The third-order valence-electron chi connectivity index (χ3n) is 3.76. The van der Waals surface area contributed by atoms with Gasteiger partial charge in [-0.3, -0.25) is 0 Å². The first-order valence-corrected chi connectivity index (χ1v) is 6.80. The molecule has 0 heteroatoms. The molecule has 20 heavy (non-hydrogen) atoms. The van der Waals surface area contributed by atoms with E-state index in [0.717, 1.165) is 0 Å².